The zero-order valence-corrected chi connectivity index (χ0v) is 16.8. The summed E-state index contributed by atoms with van der Waals surface area (Å²) in [5.74, 6) is 1.15. The Morgan fingerprint density at radius 3 is 2.38 bits per heavy atom. The average Bonchev–Trinajstić information content (AvgIpc) is 3.25. The van der Waals surface area contributed by atoms with Gasteiger partial charge in [0.05, 0.1) is 19.8 Å². The van der Waals surface area contributed by atoms with E-state index in [1.54, 1.807) is 29.2 Å². The smallest absolute Gasteiger partial charge is 0.255 e. The third-order valence-electron chi connectivity index (χ3n) is 4.15. The first kappa shape index (κ1) is 20.4. The van der Waals surface area contributed by atoms with Crippen molar-refractivity contribution in [3.63, 3.8) is 0 Å². The Bertz CT molecular complexity index is 908. The molecule has 0 aliphatic rings. The van der Waals surface area contributed by atoms with Crippen molar-refractivity contribution in [2.45, 2.75) is 33.2 Å². The number of nitrogens with one attached hydrogen (secondary N) is 1. The molecule has 1 amide bonds. The highest BCUT2D eigenvalue weighted by molar-refractivity contribution is 6.04. The van der Waals surface area contributed by atoms with Gasteiger partial charge in [0, 0.05) is 17.3 Å². The number of rotatable bonds is 10. The summed E-state index contributed by atoms with van der Waals surface area (Å²) in [6.07, 6.45) is 4.97. The number of hydrogen-bond donors (Lipinski definition) is 1. The molecule has 0 atom stereocenters. The number of anilines is 1. The van der Waals surface area contributed by atoms with Crippen LogP contribution in [0.15, 0.2) is 55.1 Å². The van der Waals surface area contributed by atoms with Crippen molar-refractivity contribution in [3.05, 3.63) is 66.2 Å². The van der Waals surface area contributed by atoms with Crippen LogP contribution in [0.3, 0.4) is 0 Å². The maximum Gasteiger partial charge on any atom is 0.255 e. The van der Waals surface area contributed by atoms with Gasteiger partial charge in [-0.2, -0.15) is 5.10 Å². The molecule has 7 heteroatoms. The lowest BCUT2D eigenvalue weighted by atomic mass is 10.1. The topological polar surface area (TPSA) is 78.3 Å². The van der Waals surface area contributed by atoms with Crippen LogP contribution >= 0.6 is 0 Å². The van der Waals surface area contributed by atoms with Crippen LogP contribution in [0.2, 0.25) is 0 Å². The van der Waals surface area contributed by atoms with Gasteiger partial charge in [0.1, 0.15) is 12.7 Å². The minimum atomic E-state index is -0.180. The summed E-state index contributed by atoms with van der Waals surface area (Å²) in [5, 5.41) is 7.01. The number of carbonyl (C=O) groups is 1. The van der Waals surface area contributed by atoms with Crippen LogP contribution in [0.5, 0.6) is 11.5 Å². The molecule has 29 heavy (non-hydrogen) atoms. The second kappa shape index (κ2) is 10.3. The van der Waals surface area contributed by atoms with Crippen LogP contribution < -0.4 is 14.8 Å². The molecule has 0 saturated carbocycles. The summed E-state index contributed by atoms with van der Waals surface area (Å²) >= 11 is 0. The quantitative estimate of drug-likeness (QED) is 0.559. The van der Waals surface area contributed by atoms with Crippen LogP contribution in [-0.2, 0) is 6.54 Å². The van der Waals surface area contributed by atoms with Gasteiger partial charge in [-0.15, -0.1) is 0 Å². The lowest BCUT2D eigenvalue weighted by molar-refractivity contribution is 0.102. The number of ether oxygens (including phenoxy) is 2. The highest BCUT2D eigenvalue weighted by Gasteiger charge is 2.11. The first-order valence-corrected chi connectivity index (χ1v) is 9.82. The first-order chi connectivity index (χ1) is 14.2. The summed E-state index contributed by atoms with van der Waals surface area (Å²) in [6, 6.07) is 12.9. The lowest BCUT2D eigenvalue weighted by Crippen LogP contribution is -2.12. The van der Waals surface area contributed by atoms with Gasteiger partial charge in [-0.25, -0.2) is 9.67 Å². The molecule has 0 fully saturated rings. The van der Waals surface area contributed by atoms with Gasteiger partial charge in [0.15, 0.2) is 11.5 Å². The van der Waals surface area contributed by atoms with E-state index < -0.39 is 0 Å². The van der Waals surface area contributed by atoms with E-state index in [1.807, 2.05) is 31.2 Å². The Hall–Kier alpha value is -3.35. The van der Waals surface area contributed by atoms with Gasteiger partial charge < -0.3 is 14.8 Å². The number of benzene rings is 2. The number of amides is 1. The molecule has 1 heterocycles. The number of aromatic nitrogens is 3. The van der Waals surface area contributed by atoms with Gasteiger partial charge in [-0.3, -0.25) is 4.79 Å². The van der Waals surface area contributed by atoms with E-state index in [2.05, 4.69) is 22.3 Å². The molecule has 0 bridgehead atoms. The fourth-order valence-electron chi connectivity index (χ4n) is 2.71. The second-order valence-corrected chi connectivity index (χ2v) is 6.60. The van der Waals surface area contributed by atoms with E-state index in [-0.39, 0.29) is 5.91 Å². The van der Waals surface area contributed by atoms with Crippen molar-refractivity contribution in [2.75, 3.05) is 18.5 Å². The molecule has 7 nitrogen and oxygen atoms in total. The van der Waals surface area contributed by atoms with Crippen molar-refractivity contribution in [3.8, 4) is 11.5 Å². The molecule has 2 aromatic carbocycles. The molecule has 0 unspecified atom stereocenters. The Morgan fingerprint density at radius 1 is 1.00 bits per heavy atom. The van der Waals surface area contributed by atoms with Crippen LogP contribution in [0.1, 0.15) is 42.6 Å². The molecule has 1 N–H and O–H groups in total. The summed E-state index contributed by atoms with van der Waals surface area (Å²) < 4.78 is 13.3. The van der Waals surface area contributed by atoms with Crippen molar-refractivity contribution in [1.82, 2.24) is 14.8 Å². The lowest BCUT2D eigenvalue weighted by Gasteiger charge is -2.14. The number of carbonyl (C=O) groups excluding carboxylic acids is 1. The predicted octanol–water partition coefficient (Wildman–Crippen LogP) is 4.16. The first-order valence-electron chi connectivity index (χ1n) is 9.82. The van der Waals surface area contributed by atoms with E-state index in [0.717, 1.165) is 18.4 Å². The van der Waals surface area contributed by atoms with E-state index in [9.17, 15) is 4.79 Å². The zero-order chi connectivity index (χ0) is 20.5. The van der Waals surface area contributed by atoms with Gasteiger partial charge in [-0.1, -0.05) is 26.0 Å². The molecule has 1 aromatic heterocycles. The molecule has 3 rings (SSSR count). The monoisotopic (exact) mass is 394 g/mol. The molecule has 0 saturated heterocycles. The van der Waals surface area contributed by atoms with Crippen molar-refractivity contribution in [1.29, 1.82) is 0 Å². The molecule has 0 radical (unpaired) electrons. The Balaban J connectivity index is 1.67. The van der Waals surface area contributed by atoms with Gasteiger partial charge in [0.2, 0.25) is 0 Å². The number of nitrogens with zero attached hydrogens (tertiary/aromatic N) is 3. The summed E-state index contributed by atoms with van der Waals surface area (Å²) in [7, 11) is 0. The van der Waals surface area contributed by atoms with Crippen LogP contribution in [0.25, 0.3) is 0 Å². The van der Waals surface area contributed by atoms with E-state index in [1.165, 1.54) is 6.33 Å². The van der Waals surface area contributed by atoms with E-state index >= 15 is 0 Å². The second-order valence-electron chi connectivity index (χ2n) is 6.60. The normalized spacial score (nSPS) is 10.6. The van der Waals surface area contributed by atoms with E-state index in [4.69, 9.17) is 9.47 Å². The summed E-state index contributed by atoms with van der Waals surface area (Å²) in [5.41, 5.74) is 2.28. The molecule has 0 aliphatic carbocycles. The van der Waals surface area contributed by atoms with Crippen molar-refractivity contribution < 1.29 is 14.3 Å². The van der Waals surface area contributed by atoms with Crippen molar-refractivity contribution >= 4 is 11.6 Å². The zero-order valence-electron chi connectivity index (χ0n) is 16.8. The molecular weight excluding hydrogens is 368 g/mol. The Kier molecular flexibility index (Phi) is 7.22. The minimum absolute atomic E-state index is 0.180. The summed E-state index contributed by atoms with van der Waals surface area (Å²) in [4.78, 5) is 16.5. The van der Waals surface area contributed by atoms with Gasteiger partial charge in [-0.05, 0) is 42.7 Å². The van der Waals surface area contributed by atoms with Crippen molar-refractivity contribution in [2.24, 2.45) is 0 Å². The third kappa shape index (κ3) is 5.81. The highest BCUT2D eigenvalue weighted by Crippen LogP contribution is 2.31. The predicted molar refractivity (Wildman–Crippen MR) is 112 cm³/mol. The molecule has 152 valence electrons. The molecular formula is C22H26N4O3. The van der Waals surface area contributed by atoms with Gasteiger partial charge in [0.25, 0.3) is 5.91 Å². The van der Waals surface area contributed by atoms with Crippen LogP contribution in [0.4, 0.5) is 5.69 Å². The molecule has 0 aliphatic heterocycles. The van der Waals surface area contributed by atoms with E-state index in [0.29, 0.717) is 42.5 Å². The fraction of sp³-hybridized carbons (Fsp3) is 0.318. The maximum absolute atomic E-state index is 12.6. The van der Waals surface area contributed by atoms with Crippen LogP contribution in [-0.4, -0.2) is 33.9 Å². The standard InChI is InChI=1S/C22H26N4O3/c1-3-11-28-20-10-9-19(13-21(20)29-12-4-2)25-22(27)18-7-5-17(6-8-18)14-26-16-23-15-24-26/h5-10,13,15-16H,3-4,11-12,14H2,1-2H3,(H,25,27). The van der Waals surface area contributed by atoms with Gasteiger partial charge >= 0.3 is 0 Å². The Morgan fingerprint density at radius 2 is 1.72 bits per heavy atom. The summed E-state index contributed by atoms with van der Waals surface area (Å²) in [6.45, 7) is 5.92. The third-order valence-corrected chi connectivity index (χ3v) is 4.15. The highest BCUT2D eigenvalue weighted by atomic mass is 16.5. The Labute approximate surface area is 170 Å². The average molecular weight is 394 g/mol. The fourth-order valence-corrected chi connectivity index (χ4v) is 2.71. The number of hydrogen-bond acceptors (Lipinski definition) is 5. The minimum Gasteiger partial charge on any atom is -0.490 e. The molecule has 0 spiro atoms. The molecule has 3 aromatic rings. The largest absolute Gasteiger partial charge is 0.490 e. The SMILES string of the molecule is CCCOc1ccc(NC(=O)c2ccc(Cn3cncn3)cc2)cc1OCCC. The van der Waals surface area contributed by atoms with Crippen LogP contribution in [0, 0.1) is 0 Å². The maximum atomic E-state index is 12.6.